The fourth-order valence-electron chi connectivity index (χ4n) is 4.46. The highest BCUT2D eigenvalue weighted by atomic mass is 15.3. The summed E-state index contributed by atoms with van der Waals surface area (Å²) in [6.07, 6.45) is 10.1. The van der Waals surface area contributed by atoms with Gasteiger partial charge in [0.15, 0.2) is 0 Å². The van der Waals surface area contributed by atoms with Crippen LogP contribution in [0.25, 0.3) is 27.8 Å². The molecule has 1 fully saturated rings. The first-order valence-electron chi connectivity index (χ1n) is 11.7. The summed E-state index contributed by atoms with van der Waals surface area (Å²) in [6.45, 7) is 6.40. The quantitative estimate of drug-likeness (QED) is 0.394. The minimum Gasteiger partial charge on any atom is -0.341 e. The first-order chi connectivity index (χ1) is 16.6. The number of benzene rings is 1. The number of fused-ring (bicyclic) bond motifs is 2. The second-order valence-electron chi connectivity index (χ2n) is 9.01. The van der Waals surface area contributed by atoms with Crippen LogP contribution >= 0.6 is 0 Å². The summed E-state index contributed by atoms with van der Waals surface area (Å²) in [7, 11) is 0. The highest BCUT2D eigenvalue weighted by molar-refractivity contribution is 5.84. The zero-order chi connectivity index (χ0) is 23.1. The molecule has 0 bridgehead atoms. The largest absolute Gasteiger partial charge is 0.341 e. The molecule has 0 aliphatic carbocycles. The van der Waals surface area contributed by atoms with Gasteiger partial charge in [0, 0.05) is 54.5 Å². The third-order valence-electron chi connectivity index (χ3n) is 6.29. The predicted molar refractivity (Wildman–Crippen MR) is 135 cm³/mol. The van der Waals surface area contributed by atoms with Gasteiger partial charge in [-0.1, -0.05) is 19.9 Å². The van der Waals surface area contributed by atoms with Gasteiger partial charge in [-0.25, -0.2) is 24.9 Å². The summed E-state index contributed by atoms with van der Waals surface area (Å²) in [4.78, 5) is 25.3. The Labute approximate surface area is 197 Å². The van der Waals surface area contributed by atoms with Crippen LogP contribution in [0.5, 0.6) is 0 Å². The van der Waals surface area contributed by atoms with Crippen LogP contribution in [-0.2, 0) is 0 Å². The molecule has 4 aromatic heterocycles. The maximum absolute atomic E-state index is 4.77. The molecule has 170 valence electrons. The molecule has 5 aromatic rings. The lowest BCUT2D eigenvalue weighted by atomic mass is 10.1. The lowest BCUT2D eigenvalue weighted by Crippen LogP contribution is -2.20. The van der Waals surface area contributed by atoms with Gasteiger partial charge in [0.1, 0.15) is 5.65 Å². The number of imidazole rings is 1. The minimum atomic E-state index is 0.383. The average molecular weight is 451 g/mol. The third-order valence-corrected chi connectivity index (χ3v) is 6.29. The molecule has 1 aliphatic heterocycles. The van der Waals surface area contributed by atoms with Crippen LogP contribution in [0, 0.1) is 0 Å². The summed E-state index contributed by atoms with van der Waals surface area (Å²) in [5, 5.41) is 4.34. The van der Waals surface area contributed by atoms with Gasteiger partial charge in [0.25, 0.3) is 0 Å². The normalized spacial score (nSPS) is 13.9. The molecule has 1 N–H and O–H groups in total. The molecule has 0 saturated carbocycles. The lowest BCUT2D eigenvalue weighted by molar-refractivity contribution is 0.809. The van der Waals surface area contributed by atoms with Crippen LogP contribution < -0.4 is 10.2 Å². The third kappa shape index (κ3) is 3.81. The molecular formula is C26H26N8. The zero-order valence-corrected chi connectivity index (χ0v) is 19.3. The molecule has 0 amide bonds. The van der Waals surface area contributed by atoms with Gasteiger partial charge in [-0.15, -0.1) is 0 Å². The van der Waals surface area contributed by atoms with Crippen molar-refractivity contribution < 1.29 is 0 Å². The van der Waals surface area contributed by atoms with Gasteiger partial charge < -0.3 is 14.6 Å². The topological polar surface area (TPSA) is 84.1 Å². The van der Waals surface area contributed by atoms with Gasteiger partial charge >= 0.3 is 0 Å². The molecule has 34 heavy (non-hydrogen) atoms. The van der Waals surface area contributed by atoms with E-state index in [1.165, 1.54) is 18.5 Å². The van der Waals surface area contributed by atoms with Gasteiger partial charge in [-0.2, -0.15) is 0 Å². The molecule has 1 saturated heterocycles. The fraction of sp³-hybridized carbons (Fsp3) is 0.269. The van der Waals surface area contributed by atoms with E-state index >= 15 is 0 Å². The summed E-state index contributed by atoms with van der Waals surface area (Å²) in [5.74, 6) is 1.75. The molecular weight excluding hydrogens is 424 g/mol. The van der Waals surface area contributed by atoms with Gasteiger partial charge in [0.2, 0.25) is 11.9 Å². The zero-order valence-electron chi connectivity index (χ0n) is 19.3. The number of aromatic nitrogens is 6. The van der Waals surface area contributed by atoms with E-state index < -0.39 is 0 Å². The van der Waals surface area contributed by atoms with Crippen molar-refractivity contribution in [3.63, 3.8) is 0 Å². The Bertz CT molecular complexity index is 1480. The van der Waals surface area contributed by atoms with Crippen molar-refractivity contribution in [1.82, 2.24) is 29.3 Å². The molecule has 0 spiro atoms. The van der Waals surface area contributed by atoms with Crippen LogP contribution in [0.1, 0.15) is 38.3 Å². The average Bonchev–Trinajstić information content (AvgIpc) is 3.54. The Morgan fingerprint density at radius 3 is 2.65 bits per heavy atom. The van der Waals surface area contributed by atoms with Crippen molar-refractivity contribution in [2.45, 2.75) is 32.6 Å². The number of pyridine rings is 1. The maximum Gasteiger partial charge on any atom is 0.227 e. The second kappa shape index (κ2) is 8.37. The Hall–Kier alpha value is -4.07. The number of hydrogen-bond donors (Lipinski definition) is 1. The molecule has 1 aromatic carbocycles. The van der Waals surface area contributed by atoms with Crippen molar-refractivity contribution in [2.24, 2.45) is 0 Å². The van der Waals surface area contributed by atoms with Crippen LogP contribution in [0.2, 0.25) is 0 Å². The van der Waals surface area contributed by atoms with Crippen LogP contribution in [0.4, 0.5) is 17.6 Å². The van der Waals surface area contributed by atoms with E-state index in [-0.39, 0.29) is 0 Å². The Kier molecular flexibility index (Phi) is 5.05. The second-order valence-corrected chi connectivity index (χ2v) is 9.01. The van der Waals surface area contributed by atoms with Crippen molar-refractivity contribution in [3.05, 3.63) is 66.9 Å². The van der Waals surface area contributed by atoms with Crippen molar-refractivity contribution in [3.8, 4) is 11.3 Å². The highest BCUT2D eigenvalue weighted by Gasteiger charge is 2.15. The maximum atomic E-state index is 4.77. The van der Waals surface area contributed by atoms with E-state index in [9.17, 15) is 0 Å². The smallest absolute Gasteiger partial charge is 0.227 e. The van der Waals surface area contributed by atoms with Crippen LogP contribution in [-0.4, -0.2) is 42.4 Å². The number of rotatable bonds is 5. The van der Waals surface area contributed by atoms with E-state index in [2.05, 4.69) is 55.5 Å². The van der Waals surface area contributed by atoms with E-state index in [1.807, 2.05) is 42.9 Å². The Morgan fingerprint density at radius 1 is 0.912 bits per heavy atom. The summed E-state index contributed by atoms with van der Waals surface area (Å²) in [5.41, 5.74) is 5.79. The monoisotopic (exact) mass is 450 g/mol. The number of hydrogen-bond acceptors (Lipinski definition) is 7. The van der Waals surface area contributed by atoms with E-state index in [0.717, 1.165) is 52.5 Å². The predicted octanol–water partition coefficient (Wildman–Crippen LogP) is 5.20. The Balaban J connectivity index is 1.28. The summed E-state index contributed by atoms with van der Waals surface area (Å²) < 4.78 is 2.11. The van der Waals surface area contributed by atoms with Crippen molar-refractivity contribution in [2.75, 3.05) is 23.3 Å². The number of anilines is 3. The van der Waals surface area contributed by atoms with E-state index in [4.69, 9.17) is 9.97 Å². The summed E-state index contributed by atoms with van der Waals surface area (Å²) in [6, 6.07) is 12.1. The number of nitrogens with zero attached hydrogens (tertiary/aromatic N) is 7. The van der Waals surface area contributed by atoms with Crippen molar-refractivity contribution in [1.29, 1.82) is 0 Å². The van der Waals surface area contributed by atoms with Gasteiger partial charge in [-0.05, 0) is 49.1 Å². The van der Waals surface area contributed by atoms with Crippen LogP contribution in [0.15, 0.2) is 61.2 Å². The molecule has 0 radical (unpaired) electrons. The van der Waals surface area contributed by atoms with E-state index in [0.29, 0.717) is 11.9 Å². The molecule has 1 aliphatic rings. The molecule has 8 nitrogen and oxygen atoms in total. The minimum absolute atomic E-state index is 0.383. The Morgan fingerprint density at radius 2 is 1.79 bits per heavy atom. The standard InChI is InChI=1S/C26H26N8/c1-17(2)23-15-28-24-8-6-20(16-34(23)24)30-25-27-10-9-22(31-25)18-5-7-21-19(13-18)14-29-26(32-21)33-11-3-4-12-33/h5-10,13-17H,3-4,11-12H2,1-2H3,(H,27,30,31). The lowest BCUT2D eigenvalue weighted by Gasteiger charge is -2.15. The van der Waals surface area contributed by atoms with Crippen LogP contribution in [0.3, 0.4) is 0 Å². The van der Waals surface area contributed by atoms with Gasteiger partial charge in [-0.3, -0.25) is 0 Å². The van der Waals surface area contributed by atoms with E-state index in [1.54, 1.807) is 6.20 Å². The SMILES string of the molecule is CC(C)c1cnc2ccc(Nc3nccc(-c4ccc5nc(N6CCCC6)ncc5c4)n3)cn12. The van der Waals surface area contributed by atoms with Crippen molar-refractivity contribution >= 4 is 34.1 Å². The molecule has 6 rings (SSSR count). The molecule has 0 atom stereocenters. The highest BCUT2D eigenvalue weighted by Crippen LogP contribution is 2.26. The molecule has 8 heteroatoms. The first-order valence-corrected chi connectivity index (χ1v) is 11.7. The number of nitrogens with one attached hydrogen (secondary N) is 1. The summed E-state index contributed by atoms with van der Waals surface area (Å²) >= 11 is 0. The fourth-order valence-corrected chi connectivity index (χ4v) is 4.46. The van der Waals surface area contributed by atoms with Gasteiger partial charge in [0.05, 0.1) is 16.9 Å². The first kappa shape index (κ1) is 20.5. The molecule has 0 unspecified atom stereocenters. The molecule has 5 heterocycles.